The minimum absolute atomic E-state index is 0. The molecule has 0 aromatic heterocycles. The van der Waals surface area contributed by atoms with Crippen molar-refractivity contribution >= 4 is 0 Å². The second-order valence-electron chi connectivity index (χ2n) is 0.289. The van der Waals surface area contributed by atoms with Crippen LogP contribution in [0.1, 0.15) is 0 Å². The summed E-state index contributed by atoms with van der Waals surface area (Å²) in [7, 11) is 0. The fourth-order valence-corrected chi connectivity index (χ4v) is 0. The average molecular weight is 130 g/mol. The summed E-state index contributed by atoms with van der Waals surface area (Å²) in [5, 5.41) is 0. The zero-order valence-corrected chi connectivity index (χ0v) is 5.41. The van der Waals surface area contributed by atoms with E-state index in [1.165, 1.54) is 6.08 Å². The molecule has 0 saturated carbocycles. The molecule has 0 N–H and O–H groups in total. The summed E-state index contributed by atoms with van der Waals surface area (Å²) in [6, 6.07) is 0. The number of rotatable bonds is 0. The van der Waals surface area contributed by atoms with Gasteiger partial charge >= 0.3 is 32.7 Å². The van der Waals surface area contributed by atoms with Gasteiger partial charge in [-0.15, -0.1) is 0 Å². The third-order valence-corrected chi connectivity index (χ3v) is 0. The Kier molecular flexibility index (Phi) is 20.6. The predicted octanol–water partition coefficient (Wildman–Crippen LogP) is 1.00. The van der Waals surface area contributed by atoms with Gasteiger partial charge in [0.1, 0.15) is 0 Å². The molecule has 18 valence electrons. The zero-order chi connectivity index (χ0) is 2.71. The van der Waals surface area contributed by atoms with Crippen molar-refractivity contribution in [3.8, 4) is 0 Å². The molecular formula is C3H5Y+2. The Bertz CT molecular complexity index is 10.8. The van der Waals surface area contributed by atoms with E-state index in [-0.39, 0.29) is 32.7 Å². The van der Waals surface area contributed by atoms with Gasteiger partial charge in [0, 0.05) is 0 Å². The molecule has 0 aliphatic carbocycles. The molecule has 0 unspecified atom stereocenters. The number of hydrogen-bond acceptors (Lipinski definition) is 0. The van der Waals surface area contributed by atoms with Crippen LogP contribution >= 0.6 is 0 Å². The molecule has 0 saturated heterocycles. The van der Waals surface area contributed by atoms with Crippen molar-refractivity contribution in [2.45, 2.75) is 0 Å². The molecule has 4 heavy (non-hydrogen) atoms. The van der Waals surface area contributed by atoms with Gasteiger partial charge in [0.25, 0.3) is 0 Å². The Morgan fingerprint density at radius 1 is 1.75 bits per heavy atom. The van der Waals surface area contributed by atoms with E-state index in [2.05, 4.69) is 13.5 Å². The maximum Gasteiger partial charge on any atom is 3.00 e. The fourth-order valence-electron chi connectivity index (χ4n) is 0. The molecule has 0 nitrogen and oxygen atoms in total. The molecule has 0 aliphatic heterocycles. The predicted molar refractivity (Wildman–Crippen MR) is 15.6 cm³/mol. The van der Waals surface area contributed by atoms with Crippen LogP contribution in [0.25, 0.3) is 0 Å². The summed E-state index contributed by atoms with van der Waals surface area (Å²) in [5.41, 5.74) is 0. The first-order valence-corrected chi connectivity index (χ1v) is 0.816. The van der Waals surface area contributed by atoms with E-state index in [9.17, 15) is 0 Å². The number of hydrogen-bond donors (Lipinski definition) is 0. The van der Waals surface area contributed by atoms with E-state index in [4.69, 9.17) is 0 Å². The largest absolute Gasteiger partial charge is 3.00 e. The van der Waals surface area contributed by atoms with Gasteiger partial charge in [-0.2, -0.15) is 0 Å². The molecule has 0 bridgehead atoms. The van der Waals surface area contributed by atoms with Crippen molar-refractivity contribution in [1.29, 1.82) is 0 Å². The van der Waals surface area contributed by atoms with Gasteiger partial charge in [0.2, 0.25) is 0 Å². The van der Waals surface area contributed by atoms with Crippen molar-refractivity contribution in [2.75, 3.05) is 0 Å². The topological polar surface area (TPSA) is 0 Å². The smallest absolute Gasteiger partial charge is 0.245 e. The summed E-state index contributed by atoms with van der Waals surface area (Å²) < 4.78 is 0. The first-order chi connectivity index (χ1) is 1.41. The van der Waals surface area contributed by atoms with Crippen molar-refractivity contribution in [3.63, 3.8) is 0 Å². The maximum atomic E-state index is 3.25. The van der Waals surface area contributed by atoms with Crippen LogP contribution in [0.3, 0.4) is 0 Å². The van der Waals surface area contributed by atoms with Crippen molar-refractivity contribution in [2.24, 2.45) is 0 Å². The van der Waals surface area contributed by atoms with Gasteiger partial charge in [-0.05, 0) is 0 Å². The Hall–Kier alpha value is 0.714. The summed E-state index contributed by atoms with van der Waals surface area (Å²) in [6.45, 7) is 6.50. The standard InChI is InChI=1S/C3H5.Y/c1-3-2;/h3H,1-2H2;/q-1;+3. The molecule has 0 aromatic carbocycles. The van der Waals surface area contributed by atoms with Crippen LogP contribution in [-0.4, -0.2) is 0 Å². The quantitative estimate of drug-likeness (QED) is 0.429. The first kappa shape index (κ1) is 8.83. The Balaban J connectivity index is 0. The minimum Gasteiger partial charge on any atom is -0.245 e. The molecular weight excluding hydrogens is 125 g/mol. The third kappa shape index (κ3) is 15.6. The van der Waals surface area contributed by atoms with Crippen LogP contribution in [0.4, 0.5) is 0 Å². The minimum atomic E-state index is 0. The molecule has 0 fully saturated rings. The van der Waals surface area contributed by atoms with Crippen molar-refractivity contribution in [1.82, 2.24) is 0 Å². The third-order valence-electron chi connectivity index (χ3n) is 0. The summed E-state index contributed by atoms with van der Waals surface area (Å²) in [6.07, 6.45) is 1.50. The zero-order valence-electron chi connectivity index (χ0n) is 2.57. The van der Waals surface area contributed by atoms with Gasteiger partial charge in [-0.3, -0.25) is 0 Å². The summed E-state index contributed by atoms with van der Waals surface area (Å²) in [4.78, 5) is 0. The SMILES string of the molecule is C=C[CH2-].[Y+3]. The molecule has 0 amide bonds. The van der Waals surface area contributed by atoms with E-state index in [1.807, 2.05) is 0 Å². The Morgan fingerprint density at radius 2 is 1.75 bits per heavy atom. The second-order valence-corrected chi connectivity index (χ2v) is 0.289. The summed E-state index contributed by atoms with van der Waals surface area (Å²) in [5.74, 6) is 0. The van der Waals surface area contributed by atoms with Crippen LogP contribution in [-0.2, 0) is 32.7 Å². The first-order valence-electron chi connectivity index (χ1n) is 0.816. The monoisotopic (exact) mass is 130 g/mol. The van der Waals surface area contributed by atoms with E-state index in [0.29, 0.717) is 0 Å². The van der Waals surface area contributed by atoms with Gasteiger partial charge in [0.15, 0.2) is 0 Å². The normalized spacial score (nSPS) is 3.00. The van der Waals surface area contributed by atoms with Gasteiger partial charge in [0.05, 0.1) is 0 Å². The molecule has 0 atom stereocenters. The van der Waals surface area contributed by atoms with Gasteiger partial charge in [-0.1, -0.05) is 0 Å². The molecule has 0 rings (SSSR count). The van der Waals surface area contributed by atoms with E-state index in [0.717, 1.165) is 0 Å². The van der Waals surface area contributed by atoms with Crippen molar-refractivity contribution < 1.29 is 32.7 Å². The van der Waals surface area contributed by atoms with Crippen LogP contribution in [0, 0.1) is 6.92 Å². The molecule has 0 aromatic rings. The summed E-state index contributed by atoms with van der Waals surface area (Å²) >= 11 is 0. The second kappa shape index (κ2) is 9.31. The van der Waals surface area contributed by atoms with Crippen LogP contribution in [0.15, 0.2) is 12.7 Å². The van der Waals surface area contributed by atoms with Crippen molar-refractivity contribution in [3.05, 3.63) is 19.6 Å². The number of allylic oxidation sites excluding steroid dienone is 1. The Labute approximate surface area is 52.2 Å². The van der Waals surface area contributed by atoms with Crippen LogP contribution in [0.2, 0.25) is 0 Å². The van der Waals surface area contributed by atoms with Gasteiger partial charge in [-0.25, -0.2) is 19.6 Å². The average Bonchev–Trinajstić information content (AvgIpc) is 0.918. The molecule has 0 radical (unpaired) electrons. The van der Waals surface area contributed by atoms with E-state index in [1.54, 1.807) is 0 Å². The van der Waals surface area contributed by atoms with Gasteiger partial charge < -0.3 is 0 Å². The molecule has 1 heteroatoms. The van der Waals surface area contributed by atoms with E-state index < -0.39 is 0 Å². The fraction of sp³-hybridized carbons (Fsp3) is 0. The van der Waals surface area contributed by atoms with Crippen LogP contribution in [0.5, 0.6) is 0 Å². The molecule has 0 spiro atoms. The van der Waals surface area contributed by atoms with Crippen LogP contribution < -0.4 is 0 Å². The van der Waals surface area contributed by atoms with E-state index >= 15 is 0 Å². The maximum absolute atomic E-state index is 3.25. The Morgan fingerprint density at radius 3 is 1.75 bits per heavy atom. The molecule has 0 heterocycles. The molecule has 0 aliphatic rings.